The number of hydrogen-bond donors (Lipinski definition) is 1. The minimum absolute atomic E-state index is 0.241. The quantitative estimate of drug-likeness (QED) is 0.918. The first kappa shape index (κ1) is 14.3. The second-order valence-corrected chi connectivity index (χ2v) is 5.36. The van der Waals surface area contributed by atoms with Gasteiger partial charge in [-0.3, -0.25) is 0 Å². The smallest absolute Gasteiger partial charge is 0.243 e. The van der Waals surface area contributed by atoms with Crippen LogP contribution < -0.4 is 5.73 Å². The summed E-state index contributed by atoms with van der Waals surface area (Å²) in [6.45, 7) is 0. The average Bonchev–Trinajstić information content (AvgIpc) is 2.85. The summed E-state index contributed by atoms with van der Waals surface area (Å²) >= 11 is 7.64. The minimum Gasteiger partial charge on any atom is -0.337 e. The molecule has 0 radical (unpaired) electrons. The van der Waals surface area contributed by atoms with Crippen molar-refractivity contribution < 1.29 is 8.91 Å². The monoisotopic (exact) mass is 301 g/mol. The first-order valence-corrected chi connectivity index (χ1v) is 7.42. The van der Waals surface area contributed by atoms with Crippen molar-refractivity contribution in [1.29, 1.82) is 0 Å². The fourth-order valence-corrected chi connectivity index (χ4v) is 2.28. The van der Waals surface area contributed by atoms with Gasteiger partial charge in [0.1, 0.15) is 5.82 Å². The maximum Gasteiger partial charge on any atom is 0.243 e. The van der Waals surface area contributed by atoms with Crippen molar-refractivity contribution in [3.05, 3.63) is 34.9 Å². The molecule has 1 aromatic heterocycles. The zero-order valence-corrected chi connectivity index (χ0v) is 11.8. The maximum absolute atomic E-state index is 13.0. The van der Waals surface area contributed by atoms with E-state index in [4.69, 9.17) is 21.9 Å². The number of halogens is 2. The zero-order chi connectivity index (χ0) is 13.8. The highest BCUT2D eigenvalue weighted by Crippen LogP contribution is 2.27. The Morgan fingerprint density at radius 1 is 1.53 bits per heavy atom. The van der Waals surface area contributed by atoms with Gasteiger partial charge < -0.3 is 10.3 Å². The van der Waals surface area contributed by atoms with Crippen LogP contribution in [0.25, 0.3) is 11.4 Å². The van der Waals surface area contributed by atoms with E-state index in [1.54, 1.807) is 11.8 Å². The molecule has 0 spiro atoms. The molecule has 0 fully saturated rings. The molecule has 2 N–H and O–H groups in total. The molecule has 2 aromatic rings. The molecule has 102 valence electrons. The van der Waals surface area contributed by atoms with Gasteiger partial charge in [-0.05, 0) is 36.6 Å². The van der Waals surface area contributed by atoms with Gasteiger partial charge >= 0.3 is 0 Å². The molecule has 0 bridgehead atoms. The van der Waals surface area contributed by atoms with E-state index in [1.165, 1.54) is 18.2 Å². The molecule has 1 heterocycles. The van der Waals surface area contributed by atoms with Gasteiger partial charge in [0.05, 0.1) is 11.1 Å². The molecule has 1 aromatic carbocycles. The van der Waals surface area contributed by atoms with E-state index in [9.17, 15) is 4.39 Å². The van der Waals surface area contributed by atoms with Crippen molar-refractivity contribution in [2.75, 3.05) is 12.0 Å². The SMILES string of the molecule is CSCCC(N)c1nc(-c2ccc(F)cc2Cl)no1. The van der Waals surface area contributed by atoms with Crippen molar-refractivity contribution in [1.82, 2.24) is 10.1 Å². The number of rotatable bonds is 5. The standard InChI is InChI=1S/C12H13ClFN3OS/c1-19-5-4-10(15)12-16-11(17-18-12)8-3-2-7(14)6-9(8)13/h2-3,6,10H,4-5,15H2,1H3. The summed E-state index contributed by atoms with van der Waals surface area (Å²) in [5.74, 6) is 1.19. The summed E-state index contributed by atoms with van der Waals surface area (Å²) in [5.41, 5.74) is 6.46. The number of aromatic nitrogens is 2. The molecule has 2 rings (SSSR count). The van der Waals surface area contributed by atoms with Crippen LogP contribution in [0.4, 0.5) is 4.39 Å². The van der Waals surface area contributed by atoms with E-state index in [1.807, 2.05) is 6.26 Å². The third kappa shape index (κ3) is 3.46. The average molecular weight is 302 g/mol. The highest BCUT2D eigenvalue weighted by atomic mass is 35.5. The fraction of sp³-hybridized carbons (Fsp3) is 0.333. The van der Waals surface area contributed by atoms with Crippen LogP contribution in [0, 0.1) is 5.82 Å². The number of benzene rings is 1. The predicted molar refractivity (Wildman–Crippen MR) is 74.6 cm³/mol. The molecule has 4 nitrogen and oxygen atoms in total. The highest BCUT2D eigenvalue weighted by Gasteiger charge is 2.17. The number of nitrogens with two attached hydrogens (primary N) is 1. The molecule has 1 atom stereocenters. The van der Waals surface area contributed by atoms with E-state index < -0.39 is 5.82 Å². The molecule has 0 aliphatic rings. The van der Waals surface area contributed by atoms with Gasteiger partial charge in [0, 0.05) is 5.56 Å². The van der Waals surface area contributed by atoms with Crippen LogP contribution in [0.2, 0.25) is 5.02 Å². The third-order valence-electron chi connectivity index (χ3n) is 2.56. The highest BCUT2D eigenvalue weighted by molar-refractivity contribution is 7.98. The van der Waals surface area contributed by atoms with Crippen LogP contribution in [0.1, 0.15) is 18.4 Å². The van der Waals surface area contributed by atoms with E-state index in [0.29, 0.717) is 17.3 Å². The molecule has 0 amide bonds. The Morgan fingerprint density at radius 2 is 2.32 bits per heavy atom. The molecular weight excluding hydrogens is 289 g/mol. The van der Waals surface area contributed by atoms with Crippen LogP contribution in [0.15, 0.2) is 22.7 Å². The number of nitrogens with zero attached hydrogens (tertiary/aromatic N) is 2. The lowest BCUT2D eigenvalue weighted by Gasteiger charge is -2.03. The van der Waals surface area contributed by atoms with Gasteiger partial charge in [-0.25, -0.2) is 4.39 Å². The molecule has 7 heteroatoms. The summed E-state index contributed by atoms with van der Waals surface area (Å²) < 4.78 is 18.1. The summed E-state index contributed by atoms with van der Waals surface area (Å²) in [6.07, 6.45) is 2.75. The third-order valence-corrected chi connectivity index (χ3v) is 3.52. The van der Waals surface area contributed by atoms with Crippen LogP contribution in [0.5, 0.6) is 0 Å². The Bertz CT molecular complexity index is 564. The molecule has 0 aliphatic carbocycles. The second kappa shape index (κ2) is 6.36. The number of thioether (sulfide) groups is 1. The van der Waals surface area contributed by atoms with Crippen LogP contribution in [-0.2, 0) is 0 Å². The second-order valence-electron chi connectivity index (χ2n) is 3.97. The Balaban J connectivity index is 2.20. The first-order chi connectivity index (χ1) is 9.11. The fourth-order valence-electron chi connectivity index (χ4n) is 1.53. The van der Waals surface area contributed by atoms with Crippen molar-refractivity contribution in [2.45, 2.75) is 12.5 Å². The Morgan fingerprint density at radius 3 is 3.00 bits per heavy atom. The van der Waals surface area contributed by atoms with Crippen molar-refractivity contribution in [2.24, 2.45) is 5.73 Å². The van der Waals surface area contributed by atoms with Crippen LogP contribution in [-0.4, -0.2) is 22.1 Å². The van der Waals surface area contributed by atoms with E-state index >= 15 is 0 Å². The summed E-state index contributed by atoms with van der Waals surface area (Å²) in [6, 6.07) is 3.72. The van der Waals surface area contributed by atoms with E-state index in [0.717, 1.165) is 12.2 Å². The summed E-state index contributed by atoms with van der Waals surface area (Å²) in [7, 11) is 0. The normalized spacial score (nSPS) is 12.6. The van der Waals surface area contributed by atoms with Gasteiger partial charge in [0.25, 0.3) is 0 Å². The van der Waals surface area contributed by atoms with Gasteiger partial charge in [-0.2, -0.15) is 16.7 Å². The van der Waals surface area contributed by atoms with E-state index in [2.05, 4.69) is 10.1 Å². The van der Waals surface area contributed by atoms with Crippen LogP contribution >= 0.6 is 23.4 Å². The van der Waals surface area contributed by atoms with Crippen molar-refractivity contribution in [3.63, 3.8) is 0 Å². The molecule has 1 unspecified atom stereocenters. The van der Waals surface area contributed by atoms with Crippen molar-refractivity contribution >= 4 is 23.4 Å². The molecular formula is C12H13ClFN3OS. The molecule has 0 saturated carbocycles. The van der Waals surface area contributed by atoms with Gasteiger partial charge in [-0.1, -0.05) is 16.8 Å². The largest absolute Gasteiger partial charge is 0.337 e. The van der Waals surface area contributed by atoms with Crippen LogP contribution in [0.3, 0.4) is 0 Å². The number of hydrogen-bond acceptors (Lipinski definition) is 5. The lowest BCUT2D eigenvalue weighted by molar-refractivity contribution is 0.353. The summed E-state index contributed by atoms with van der Waals surface area (Å²) in [4.78, 5) is 4.20. The van der Waals surface area contributed by atoms with Gasteiger partial charge in [0.15, 0.2) is 0 Å². The minimum atomic E-state index is -0.408. The maximum atomic E-state index is 13.0. The van der Waals surface area contributed by atoms with Crippen molar-refractivity contribution in [3.8, 4) is 11.4 Å². The Labute approximate surface area is 119 Å². The summed E-state index contributed by atoms with van der Waals surface area (Å²) in [5, 5.41) is 4.07. The van der Waals surface area contributed by atoms with Gasteiger partial charge in [0.2, 0.25) is 11.7 Å². The van der Waals surface area contributed by atoms with E-state index in [-0.39, 0.29) is 11.1 Å². The first-order valence-electron chi connectivity index (χ1n) is 5.65. The molecule has 0 saturated heterocycles. The Kier molecular flexibility index (Phi) is 4.79. The molecule has 19 heavy (non-hydrogen) atoms. The topological polar surface area (TPSA) is 64.9 Å². The Hall–Kier alpha value is -1.11. The predicted octanol–water partition coefficient (Wildman–Crippen LogP) is 3.28. The molecule has 0 aliphatic heterocycles. The zero-order valence-electron chi connectivity index (χ0n) is 10.3. The lowest BCUT2D eigenvalue weighted by Crippen LogP contribution is -2.11. The van der Waals surface area contributed by atoms with Gasteiger partial charge in [-0.15, -0.1) is 0 Å². The lowest BCUT2D eigenvalue weighted by atomic mass is 10.2.